The monoisotopic (exact) mass is 431 g/mol. The Morgan fingerprint density at radius 1 is 1.13 bits per heavy atom. The number of carbonyl (C=O) groups excluding carboxylic acids is 1. The number of anilines is 1. The third kappa shape index (κ3) is 4.88. The smallest absolute Gasteiger partial charge is 0.262 e. The molecule has 23 heavy (non-hydrogen) atoms. The minimum atomic E-state index is -0.589. The van der Waals surface area contributed by atoms with Gasteiger partial charge < -0.3 is 20.3 Å². The summed E-state index contributed by atoms with van der Waals surface area (Å²) in [4.78, 5) is 11.9. The van der Waals surface area contributed by atoms with Gasteiger partial charge >= 0.3 is 0 Å². The highest BCUT2D eigenvalue weighted by Gasteiger charge is 2.13. The van der Waals surface area contributed by atoms with Crippen molar-refractivity contribution in [3.63, 3.8) is 0 Å². The second-order valence-electron chi connectivity index (χ2n) is 4.71. The molecule has 0 aliphatic heterocycles. The first-order valence-corrected chi connectivity index (χ1v) is 7.82. The fourth-order valence-electron chi connectivity index (χ4n) is 2.00. The zero-order chi connectivity index (χ0) is 16.8. The highest BCUT2D eigenvalue weighted by Crippen LogP contribution is 2.26. The van der Waals surface area contributed by atoms with E-state index >= 15 is 0 Å². The van der Waals surface area contributed by atoms with E-state index in [1.807, 2.05) is 12.1 Å². The van der Waals surface area contributed by atoms with Gasteiger partial charge in [-0.25, -0.2) is 4.39 Å². The van der Waals surface area contributed by atoms with Crippen LogP contribution in [0.3, 0.4) is 0 Å². The van der Waals surface area contributed by atoms with Crippen LogP contribution >= 0.6 is 22.6 Å². The fraction of sp³-hybridized carbons (Fsp3) is 0.188. The Bertz CT molecular complexity index is 666. The second-order valence-corrected chi connectivity index (χ2v) is 5.96. The van der Waals surface area contributed by atoms with Gasteiger partial charge in [-0.15, -0.1) is 0 Å². The summed E-state index contributed by atoms with van der Waals surface area (Å²) in [6, 6.07) is 9.43. The molecule has 0 aliphatic carbocycles. The molecule has 2 aromatic rings. The Morgan fingerprint density at radius 2 is 1.70 bits per heavy atom. The molecule has 0 aliphatic rings. The standard InChI is InChI=1S/C16H15FINO4/c17-12-5-10(7-20)16(11(6-12)8-21)23-9-15(22)19-14-3-1-13(18)2-4-14/h1-6,20-21H,7-9H2,(H,19,22). The van der Waals surface area contributed by atoms with Crippen molar-refractivity contribution in [1.82, 2.24) is 0 Å². The number of halogens is 2. The number of rotatable bonds is 6. The number of hydrogen-bond acceptors (Lipinski definition) is 4. The van der Waals surface area contributed by atoms with E-state index in [-0.39, 0.29) is 23.5 Å². The number of hydrogen-bond donors (Lipinski definition) is 3. The lowest BCUT2D eigenvalue weighted by Crippen LogP contribution is -2.21. The van der Waals surface area contributed by atoms with E-state index in [2.05, 4.69) is 27.9 Å². The van der Waals surface area contributed by atoms with Crippen LogP contribution in [0.15, 0.2) is 36.4 Å². The van der Waals surface area contributed by atoms with Crippen LogP contribution in [0.5, 0.6) is 5.75 Å². The quantitative estimate of drug-likeness (QED) is 0.615. The third-order valence-electron chi connectivity index (χ3n) is 3.02. The molecule has 1 amide bonds. The average molecular weight is 431 g/mol. The first-order valence-electron chi connectivity index (χ1n) is 6.74. The van der Waals surface area contributed by atoms with Crippen LogP contribution in [0.1, 0.15) is 11.1 Å². The van der Waals surface area contributed by atoms with Crippen LogP contribution in [0.2, 0.25) is 0 Å². The molecule has 5 nitrogen and oxygen atoms in total. The normalized spacial score (nSPS) is 10.4. The molecule has 0 heterocycles. The molecule has 0 atom stereocenters. The van der Waals surface area contributed by atoms with Crippen molar-refractivity contribution in [3.8, 4) is 5.75 Å². The second kappa shape index (κ2) is 8.23. The van der Waals surface area contributed by atoms with Crippen LogP contribution in [0.4, 0.5) is 10.1 Å². The van der Waals surface area contributed by atoms with Crippen LogP contribution in [-0.4, -0.2) is 22.7 Å². The molecule has 0 fully saturated rings. The van der Waals surface area contributed by atoms with Gasteiger partial charge in [0.2, 0.25) is 0 Å². The van der Waals surface area contributed by atoms with E-state index < -0.39 is 24.9 Å². The maximum atomic E-state index is 13.3. The number of carbonyl (C=O) groups is 1. The minimum Gasteiger partial charge on any atom is -0.483 e. The SMILES string of the molecule is O=C(COc1c(CO)cc(F)cc1CO)Nc1ccc(I)cc1. The summed E-state index contributed by atoms with van der Waals surface area (Å²) < 4.78 is 19.8. The molecule has 3 N–H and O–H groups in total. The molecule has 2 aromatic carbocycles. The van der Waals surface area contributed by atoms with Gasteiger partial charge in [0.1, 0.15) is 11.6 Å². The maximum absolute atomic E-state index is 13.3. The summed E-state index contributed by atoms with van der Waals surface area (Å²) in [7, 11) is 0. The molecule has 0 saturated carbocycles. The first-order chi connectivity index (χ1) is 11.0. The first kappa shape index (κ1) is 17.6. The highest BCUT2D eigenvalue weighted by atomic mass is 127. The Balaban J connectivity index is 2.05. The topological polar surface area (TPSA) is 78.8 Å². The third-order valence-corrected chi connectivity index (χ3v) is 3.74. The average Bonchev–Trinajstić information content (AvgIpc) is 2.54. The van der Waals surface area contributed by atoms with Gasteiger partial charge in [0.25, 0.3) is 5.91 Å². The number of nitrogens with one attached hydrogen (secondary N) is 1. The fourth-order valence-corrected chi connectivity index (χ4v) is 2.36. The summed E-state index contributed by atoms with van der Waals surface area (Å²) in [6.45, 7) is -1.24. The van der Waals surface area contributed by atoms with E-state index in [1.54, 1.807) is 12.1 Å². The largest absolute Gasteiger partial charge is 0.483 e. The summed E-state index contributed by atoms with van der Waals surface area (Å²) in [5.74, 6) is -0.869. The summed E-state index contributed by atoms with van der Waals surface area (Å²) in [6.07, 6.45) is 0. The van der Waals surface area contributed by atoms with E-state index in [1.165, 1.54) is 0 Å². The van der Waals surface area contributed by atoms with Crippen molar-refractivity contribution < 1.29 is 24.1 Å². The molecular weight excluding hydrogens is 416 g/mol. The predicted octanol–water partition coefficient (Wildman–Crippen LogP) is 2.43. The Morgan fingerprint density at radius 3 is 2.22 bits per heavy atom. The lowest BCUT2D eigenvalue weighted by atomic mass is 10.1. The van der Waals surface area contributed by atoms with Crippen LogP contribution in [0.25, 0.3) is 0 Å². The van der Waals surface area contributed by atoms with E-state index in [0.717, 1.165) is 15.7 Å². The predicted molar refractivity (Wildman–Crippen MR) is 91.5 cm³/mol. The zero-order valence-corrected chi connectivity index (χ0v) is 14.2. The van der Waals surface area contributed by atoms with Gasteiger partial charge in [-0.05, 0) is 59.0 Å². The van der Waals surface area contributed by atoms with E-state index in [4.69, 9.17) is 4.74 Å². The molecule has 0 unspecified atom stereocenters. The molecule has 0 aromatic heterocycles. The van der Waals surface area contributed by atoms with E-state index in [9.17, 15) is 19.4 Å². The summed E-state index contributed by atoms with van der Waals surface area (Å²) in [5, 5.41) is 21.2. The molecule has 2 rings (SSSR count). The number of benzene rings is 2. The molecule has 0 spiro atoms. The highest BCUT2D eigenvalue weighted by molar-refractivity contribution is 14.1. The molecule has 7 heteroatoms. The van der Waals surface area contributed by atoms with Crippen LogP contribution in [-0.2, 0) is 18.0 Å². The van der Waals surface area contributed by atoms with Crippen LogP contribution in [0, 0.1) is 9.39 Å². The molecule has 0 radical (unpaired) electrons. The van der Waals surface area contributed by atoms with Crippen molar-refractivity contribution in [3.05, 3.63) is 56.9 Å². The van der Waals surface area contributed by atoms with Crippen molar-refractivity contribution in [2.75, 3.05) is 11.9 Å². The van der Waals surface area contributed by atoms with Gasteiger partial charge in [0, 0.05) is 20.4 Å². The van der Waals surface area contributed by atoms with Crippen molar-refractivity contribution in [1.29, 1.82) is 0 Å². The van der Waals surface area contributed by atoms with Crippen LogP contribution < -0.4 is 10.1 Å². The lowest BCUT2D eigenvalue weighted by Gasteiger charge is -2.14. The number of aliphatic hydroxyl groups excluding tert-OH is 2. The van der Waals surface area contributed by atoms with Crippen molar-refractivity contribution in [2.45, 2.75) is 13.2 Å². The molecule has 122 valence electrons. The minimum absolute atomic E-state index is 0.120. The zero-order valence-electron chi connectivity index (χ0n) is 12.1. The number of amides is 1. The Kier molecular flexibility index (Phi) is 6.31. The van der Waals surface area contributed by atoms with Crippen molar-refractivity contribution in [2.24, 2.45) is 0 Å². The van der Waals surface area contributed by atoms with Gasteiger partial charge in [-0.2, -0.15) is 0 Å². The van der Waals surface area contributed by atoms with Gasteiger partial charge in [0.05, 0.1) is 13.2 Å². The molecular formula is C16H15FINO4. The van der Waals surface area contributed by atoms with Gasteiger partial charge in [0.15, 0.2) is 6.61 Å². The lowest BCUT2D eigenvalue weighted by molar-refractivity contribution is -0.118. The van der Waals surface area contributed by atoms with E-state index in [0.29, 0.717) is 5.69 Å². The summed E-state index contributed by atoms with van der Waals surface area (Å²) >= 11 is 2.16. The summed E-state index contributed by atoms with van der Waals surface area (Å²) in [5.41, 5.74) is 0.982. The Hall–Kier alpha value is -1.71. The number of ether oxygens (including phenoxy) is 1. The molecule has 0 saturated heterocycles. The maximum Gasteiger partial charge on any atom is 0.262 e. The van der Waals surface area contributed by atoms with Gasteiger partial charge in [-0.3, -0.25) is 4.79 Å². The number of aliphatic hydroxyl groups is 2. The molecule has 0 bridgehead atoms. The Labute approximate surface area is 146 Å². The van der Waals surface area contributed by atoms with Crippen molar-refractivity contribution >= 4 is 34.2 Å². The van der Waals surface area contributed by atoms with Gasteiger partial charge in [-0.1, -0.05) is 0 Å².